The molecule has 5 nitrogen and oxygen atoms in total. The summed E-state index contributed by atoms with van der Waals surface area (Å²) in [5, 5.41) is 14.9. The van der Waals surface area contributed by atoms with Gasteiger partial charge in [0, 0.05) is 23.4 Å². The van der Waals surface area contributed by atoms with Crippen LogP contribution in [0.5, 0.6) is 0 Å². The second-order valence-corrected chi connectivity index (χ2v) is 13.2. The van der Waals surface area contributed by atoms with E-state index in [9.17, 15) is 0 Å². The van der Waals surface area contributed by atoms with Crippen molar-refractivity contribution in [3.05, 3.63) is 208 Å². The van der Waals surface area contributed by atoms with Crippen LogP contribution >= 0.6 is 0 Å². The van der Waals surface area contributed by atoms with Crippen molar-refractivity contribution in [2.45, 2.75) is 32.2 Å². The highest BCUT2D eigenvalue weighted by molar-refractivity contribution is 6.00. The van der Waals surface area contributed by atoms with Gasteiger partial charge in [-0.1, -0.05) is 139 Å². The van der Waals surface area contributed by atoms with Crippen molar-refractivity contribution in [3.63, 3.8) is 0 Å². The Labute approximate surface area is 294 Å². The molecule has 50 heavy (non-hydrogen) atoms. The molecule has 5 aromatic carbocycles. The Balaban J connectivity index is 1.30. The predicted molar refractivity (Wildman–Crippen MR) is 207 cm³/mol. The highest BCUT2D eigenvalue weighted by Crippen LogP contribution is 2.38. The fraction of sp³-hybridized carbons (Fsp3) is 0.133. The highest BCUT2D eigenvalue weighted by Gasteiger charge is 2.28. The molecule has 5 aromatic rings. The third kappa shape index (κ3) is 6.56. The number of dihydropyridines is 2. The predicted octanol–water partition coefficient (Wildman–Crippen LogP) is 8.91. The van der Waals surface area contributed by atoms with Crippen molar-refractivity contribution in [1.82, 2.24) is 21.3 Å². The molecule has 8 rings (SSSR count). The number of nitrogens with one attached hydrogen (secondary N) is 4. The first-order valence-electron chi connectivity index (χ1n) is 17.4. The third-order valence-corrected chi connectivity index (χ3v) is 9.61. The van der Waals surface area contributed by atoms with E-state index in [0.29, 0.717) is 0 Å². The van der Waals surface area contributed by atoms with E-state index in [1.165, 1.54) is 33.4 Å². The van der Waals surface area contributed by atoms with E-state index in [-0.39, 0.29) is 18.4 Å². The summed E-state index contributed by atoms with van der Waals surface area (Å²) in [6.07, 6.45) is 10.4. The van der Waals surface area contributed by atoms with Gasteiger partial charge in [0.1, 0.15) is 18.2 Å². The van der Waals surface area contributed by atoms with Gasteiger partial charge in [-0.3, -0.25) is 5.32 Å². The van der Waals surface area contributed by atoms with Gasteiger partial charge in [0.2, 0.25) is 0 Å². The van der Waals surface area contributed by atoms with Crippen molar-refractivity contribution in [3.8, 4) is 0 Å². The molecular formula is C45H41N5. The molecule has 0 aromatic heterocycles. The van der Waals surface area contributed by atoms with Gasteiger partial charge >= 0.3 is 0 Å². The molecule has 0 spiro atoms. The van der Waals surface area contributed by atoms with Crippen LogP contribution in [0.4, 0.5) is 0 Å². The number of aliphatic imine (C=N–C) groups is 1. The molecule has 3 heterocycles. The van der Waals surface area contributed by atoms with Crippen LogP contribution in [0.15, 0.2) is 163 Å². The second kappa shape index (κ2) is 13.9. The number of hydrogen-bond acceptors (Lipinski definition) is 5. The Morgan fingerprint density at radius 2 is 1.34 bits per heavy atom. The molecule has 5 heteroatoms. The Hall–Kier alpha value is -5.91. The van der Waals surface area contributed by atoms with Crippen molar-refractivity contribution in [2.75, 3.05) is 6.54 Å². The minimum atomic E-state index is -0.304. The van der Waals surface area contributed by atoms with Crippen LogP contribution in [0.3, 0.4) is 0 Å². The minimum absolute atomic E-state index is 0.0137. The van der Waals surface area contributed by atoms with Gasteiger partial charge in [0.15, 0.2) is 0 Å². The molecule has 0 amide bonds. The van der Waals surface area contributed by atoms with E-state index < -0.39 is 0 Å². The molecule has 0 fully saturated rings. The van der Waals surface area contributed by atoms with Crippen LogP contribution in [0.2, 0.25) is 0 Å². The lowest BCUT2D eigenvalue weighted by Gasteiger charge is -2.33. The smallest absolute Gasteiger partial charge is 0.131 e. The lowest BCUT2D eigenvalue weighted by atomic mass is 9.86. The molecule has 3 unspecified atom stereocenters. The number of rotatable bonds is 7. The summed E-state index contributed by atoms with van der Waals surface area (Å²) >= 11 is 0. The standard InChI is InChI=1S/C45H41N5/c1-30-17-21-34(22-18-30)43-48-44(35-23-19-31(2)20-24-35)50-45(49-43)38-28-36(39-15-9-25-46-41(39)32-11-5-3-6-12-32)27-37(29-38)40-16-10-26-47-42(40)33-13-7-4-8-14-33/h3-25,27-29,41,43,45-47,49H,26H2,1-2H3,(H,48,50). The van der Waals surface area contributed by atoms with Gasteiger partial charge in [-0.2, -0.15) is 0 Å². The summed E-state index contributed by atoms with van der Waals surface area (Å²) in [7, 11) is 0. The fourth-order valence-electron chi connectivity index (χ4n) is 6.94. The molecule has 3 aliphatic heterocycles. The monoisotopic (exact) mass is 651 g/mol. The minimum Gasteiger partial charge on any atom is -0.381 e. The summed E-state index contributed by atoms with van der Waals surface area (Å²) in [6, 6.07) is 45.6. The van der Waals surface area contributed by atoms with E-state index in [4.69, 9.17) is 4.99 Å². The van der Waals surface area contributed by atoms with Gasteiger partial charge in [-0.25, -0.2) is 4.99 Å². The van der Waals surface area contributed by atoms with Crippen molar-refractivity contribution in [2.24, 2.45) is 4.99 Å². The Morgan fingerprint density at radius 3 is 2.10 bits per heavy atom. The summed E-state index contributed by atoms with van der Waals surface area (Å²) in [5.74, 6) is 0.873. The summed E-state index contributed by atoms with van der Waals surface area (Å²) in [5.41, 5.74) is 14.0. The Morgan fingerprint density at radius 1 is 0.640 bits per heavy atom. The van der Waals surface area contributed by atoms with Gasteiger partial charge in [-0.05, 0) is 83.3 Å². The molecule has 0 aliphatic carbocycles. The molecule has 3 aliphatic rings. The van der Waals surface area contributed by atoms with Crippen LogP contribution in [-0.4, -0.2) is 12.4 Å². The molecule has 3 atom stereocenters. The van der Waals surface area contributed by atoms with Crippen LogP contribution in [-0.2, 0) is 0 Å². The molecular weight excluding hydrogens is 611 g/mol. The van der Waals surface area contributed by atoms with E-state index in [1.807, 2.05) is 6.20 Å². The largest absolute Gasteiger partial charge is 0.381 e. The lowest BCUT2D eigenvalue weighted by molar-refractivity contribution is 0.409. The number of aryl methyl sites for hydroxylation is 2. The zero-order chi connectivity index (χ0) is 33.9. The van der Waals surface area contributed by atoms with E-state index in [2.05, 4.69) is 187 Å². The lowest BCUT2D eigenvalue weighted by Crippen LogP contribution is -2.45. The number of allylic oxidation sites excluding steroid dienone is 4. The number of benzene rings is 5. The van der Waals surface area contributed by atoms with Crippen LogP contribution in [0, 0.1) is 13.8 Å². The first-order chi connectivity index (χ1) is 24.6. The third-order valence-electron chi connectivity index (χ3n) is 9.61. The molecule has 0 radical (unpaired) electrons. The zero-order valence-corrected chi connectivity index (χ0v) is 28.4. The first kappa shape index (κ1) is 31.4. The van der Waals surface area contributed by atoms with Crippen molar-refractivity contribution in [1.29, 1.82) is 0 Å². The normalized spacial score (nSPS) is 19.9. The maximum atomic E-state index is 5.37. The molecule has 0 saturated heterocycles. The van der Waals surface area contributed by atoms with Crippen molar-refractivity contribution < 1.29 is 0 Å². The highest BCUT2D eigenvalue weighted by atomic mass is 15.3. The number of amidine groups is 1. The number of hydrogen-bond donors (Lipinski definition) is 4. The van der Waals surface area contributed by atoms with Gasteiger partial charge in [0.25, 0.3) is 0 Å². The van der Waals surface area contributed by atoms with E-state index in [1.54, 1.807) is 0 Å². The van der Waals surface area contributed by atoms with Crippen LogP contribution < -0.4 is 21.3 Å². The second-order valence-electron chi connectivity index (χ2n) is 13.2. The average molecular weight is 652 g/mol. The summed E-state index contributed by atoms with van der Waals surface area (Å²) in [4.78, 5) is 5.37. The number of nitrogens with zero attached hydrogens (tertiary/aromatic N) is 1. The first-order valence-corrected chi connectivity index (χ1v) is 17.4. The maximum Gasteiger partial charge on any atom is 0.131 e. The van der Waals surface area contributed by atoms with E-state index >= 15 is 0 Å². The Bertz CT molecular complexity index is 2140. The zero-order valence-electron chi connectivity index (χ0n) is 28.4. The molecule has 246 valence electrons. The molecule has 0 saturated carbocycles. The molecule has 0 bridgehead atoms. The maximum absolute atomic E-state index is 5.37. The fourth-order valence-corrected chi connectivity index (χ4v) is 6.94. The van der Waals surface area contributed by atoms with Gasteiger partial charge in [0.05, 0.1) is 6.04 Å². The SMILES string of the molecule is Cc1ccc(C2=NC(c3cc(C4=CC=CNC4c4ccccc4)cc(C4=C(c5ccccc5)NCC=C4)c3)NC(c3ccc(C)cc3)N2)cc1. The van der Waals surface area contributed by atoms with Crippen LogP contribution in [0.1, 0.15) is 68.4 Å². The van der Waals surface area contributed by atoms with Crippen LogP contribution in [0.25, 0.3) is 16.8 Å². The Kier molecular flexibility index (Phi) is 8.72. The summed E-state index contributed by atoms with van der Waals surface area (Å²) < 4.78 is 0. The van der Waals surface area contributed by atoms with Gasteiger partial charge in [-0.15, -0.1) is 0 Å². The average Bonchev–Trinajstić information content (AvgIpc) is 3.19. The topological polar surface area (TPSA) is 60.5 Å². The quantitative estimate of drug-likeness (QED) is 0.142. The van der Waals surface area contributed by atoms with Crippen molar-refractivity contribution >= 4 is 22.7 Å². The molecule has 4 N–H and O–H groups in total. The van der Waals surface area contributed by atoms with Gasteiger partial charge < -0.3 is 16.0 Å². The van der Waals surface area contributed by atoms with E-state index in [0.717, 1.165) is 45.9 Å². The summed E-state index contributed by atoms with van der Waals surface area (Å²) in [6.45, 7) is 5.03.